The van der Waals surface area contributed by atoms with Gasteiger partial charge in [-0.1, -0.05) is 29.3 Å². The third-order valence-corrected chi connectivity index (χ3v) is 3.33. The monoisotopic (exact) mass is 207 g/mol. The van der Waals surface area contributed by atoms with Gasteiger partial charge in [-0.25, -0.2) is 0 Å². The minimum atomic E-state index is 0.664. The minimum absolute atomic E-state index is 0.664. The quantitative estimate of drug-likeness (QED) is 0.753. The molecule has 0 atom stereocenters. The maximum Gasteiger partial charge on any atom is 0.0444 e. The normalized spacial score (nSPS) is 15.6. The lowest BCUT2D eigenvalue weighted by Gasteiger charge is -2.21. The van der Waals surface area contributed by atoms with E-state index in [2.05, 4.69) is 13.0 Å². The molecular formula is C12H14ClN. The standard InChI is InChI=1S/C12H14ClN/c1-8-9(7-14)5-6-11-10(8)3-2-4-12(11)13/h2-4H,5-7,14H2,1H3. The number of hydrogen-bond donors (Lipinski definition) is 1. The van der Waals surface area contributed by atoms with Gasteiger partial charge < -0.3 is 5.73 Å². The van der Waals surface area contributed by atoms with Crippen LogP contribution in [0.4, 0.5) is 0 Å². The van der Waals surface area contributed by atoms with Crippen LogP contribution in [0.2, 0.25) is 5.02 Å². The first-order valence-corrected chi connectivity index (χ1v) is 5.28. The molecule has 0 amide bonds. The van der Waals surface area contributed by atoms with Crippen LogP contribution in [0.1, 0.15) is 24.5 Å². The third kappa shape index (κ3) is 1.47. The highest BCUT2D eigenvalue weighted by atomic mass is 35.5. The fourth-order valence-electron chi connectivity index (χ4n) is 2.07. The molecule has 1 aromatic carbocycles. The summed E-state index contributed by atoms with van der Waals surface area (Å²) >= 11 is 6.14. The van der Waals surface area contributed by atoms with Crippen LogP contribution < -0.4 is 5.73 Å². The number of allylic oxidation sites excluding steroid dienone is 1. The lowest BCUT2D eigenvalue weighted by atomic mass is 9.86. The van der Waals surface area contributed by atoms with Crippen LogP contribution in [0.25, 0.3) is 5.57 Å². The van der Waals surface area contributed by atoms with Crippen molar-refractivity contribution >= 4 is 17.2 Å². The van der Waals surface area contributed by atoms with Crippen molar-refractivity contribution < 1.29 is 0 Å². The SMILES string of the molecule is CC1=C(CN)CCc2c(Cl)cccc21. The fourth-order valence-corrected chi connectivity index (χ4v) is 2.34. The van der Waals surface area contributed by atoms with Crippen molar-refractivity contribution in [2.75, 3.05) is 6.54 Å². The van der Waals surface area contributed by atoms with E-state index in [0.717, 1.165) is 17.9 Å². The molecule has 1 aliphatic carbocycles. The Balaban J connectivity index is 2.58. The Bertz CT molecular complexity index is 393. The Hall–Kier alpha value is -0.790. The molecule has 0 unspecified atom stereocenters. The van der Waals surface area contributed by atoms with Crippen molar-refractivity contribution in [2.24, 2.45) is 5.73 Å². The zero-order valence-corrected chi connectivity index (χ0v) is 9.06. The second-order valence-electron chi connectivity index (χ2n) is 3.70. The number of rotatable bonds is 1. The topological polar surface area (TPSA) is 26.0 Å². The molecule has 0 saturated heterocycles. The molecule has 0 aliphatic heterocycles. The molecule has 0 spiro atoms. The highest BCUT2D eigenvalue weighted by molar-refractivity contribution is 6.31. The predicted molar refractivity (Wildman–Crippen MR) is 61.4 cm³/mol. The van der Waals surface area contributed by atoms with E-state index in [4.69, 9.17) is 17.3 Å². The second kappa shape index (κ2) is 3.76. The average Bonchev–Trinajstić information content (AvgIpc) is 2.20. The molecule has 14 heavy (non-hydrogen) atoms. The van der Waals surface area contributed by atoms with Crippen LogP contribution in [-0.4, -0.2) is 6.54 Å². The van der Waals surface area contributed by atoms with E-state index in [9.17, 15) is 0 Å². The summed E-state index contributed by atoms with van der Waals surface area (Å²) in [5.41, 5.74) is 10.9. The molecule has 0 bridgehead atoms. The third-order valence-electron chi connectivity index (χ3n) is 2.98. The molecule has 2 heteroatoms. The van der Waals surface area contributed by atoms with Crippen LogP contribution in [0.3, 0.4) is 0 Å². The lowest BCUT2D eigenvalue weighted by molar-refractivity contribution is 0.882. The molecule has 0 saturated carbocycles. The van der Waals surface area contributed by atoms with E-state index in [0.29, 0.717) is 6.54 Å². The van der Waals surface area contributed by atoms with Gasteiger partial charge >= 0.3 is 0 Å². The molecule has 1 aromatic rings. The summed E-state index contributed by atoms with van der Waals surface area (Å²) in [6.45, 7) is 2.80. The maximum atomic E-state index is 6.14. The van der Waals surface area contributed by atoms with E-state index < -0.39 is 0 Å². The molecule has 0 heterocycles. The summed E-state index contributed by atoms with van der Waals surface area (Å²) in [6, 6.07) is 6.09. The Morgan fingerprint density at radius 3 is 2.86 bits per heavy atom. The zero-order valence-electron chi connectivity index (χ0n) is 8.31. The smallest absolute Gasteiger partial charge is 0.0444 e. The van der Waals surface area contributed by atoms with Gasteiger partial charge in [0.25, 0.3) is 0 Å². The first-order chi connectivity index (χ1) is 6.74. The number of fused-ring (bicyclic) bond motifs is 1. The summed E-state index contributed by atoms with van der Waals surface area (Å²) in [6.07, 6.45) is 2.08. The van der Waals surface area contributed by atoms with Crippen molar-refractivity contribution in [2.45, 2.75) is 19.8 Å². The summed E-state index contributed by atoms with van der Waals surface area (Å²) in [5, 5.41) is 0.887. The minimum Gasteiger partial charge on any atom is -0.327 e. The summed E-state index contributed by atoms with van der Waals surface area (Å²) < 4.78 is 0. The first-order valence-electron chi connectivity index (χ1n) is 4.90. The Labute approximate surface area is 89.6 Å². The van der Waals surface area contributed by atoms with E-state index in [-0.39, 0.29) is 0 Å². The number of hydrogen-bond acceptors (Lipinski definition) is 1. The van der Waals surface area contributed by atoms with Gasteiger partial charge in [-0.15, -0.1) is 0 Å². The van der Waals surface area contributed by atoms with Gasteiger partial charge in [0.2, 0.25) is 0 Å². The predicted octanol–water partition coefficient (Wildman–Crippen LogP) is 3.02. The van der Waals surface area contributed by atoms with Crippen LogP contribution >= 0.6 is 11.6 Å². The molecule has 0 aromatic heterocycles. The van der Waals surface area contributed by atoms with Crippen LogP contribution in [0.15, 0.2) is 23.8 Å². The van der Waals surface area contributed by atoms with Gasteiger partial charge in [0.1, 0.15) is 0 Å². The van der Waals surface area contributed by atoms with E-state index >= 15 is 0 Å². The van der Waals surface area contributed by atoms with Crippen molar-refractivity contribution in [3.63, 3.8) is 0 Å². The Morgan fingerprint density at radius 2 is 2.14 bits per heavy atom. The molecule has 74 valence electrons. The first kappa shape index (κ1) is 9.75. The van der Waals surface area contributed by atoms with Crippen LogP contribution in [-0.2, 0) is 6.42 Å². The maximum absolute atomic E-state index is 6.14. The molecule has 2 N–H and O–H groups in total. The largest absolute Gasteiger partial charge is 0.327 e. The molecule has 1 aliphatic rings. The Kier molecular flexibility index (Phi) is 2.62. The van der Waals surface area contributed by atoms with Crippen LogP contribution in [0.5, 0.6) is 0 Å². The van der Waals surface area contributed by atoms with Crippen LogP contribution in [0, 0.1) is 0 Å². The number of nitrogens with two attached hydrogens (primary N) is 1. The van der Waals surface area contributed by atoms with Gasteiger partial charge in [-0.2, -0.15) is 0 Å². The highest BCUT2D eigenvalue weighted by Gasteiger charge is 2.16. The molecule has 0 radical (unpaired) electrons. The van der Waals surface area contributed by atoms with E-state index in [1.165, 1.54) is 22.3 Å². The van der Waals surface area contributed by atoms with E-state index in [1.807, 2.05) is 12.1 Å². The molecule has 1 nitrogen and oxygen atoms in total. The van der Waals surface area contributed by atoms with Gasteiger partial charge in [-0.3, -0.25) is 0 Å². The van der Waals surface area contributed by atoms with Gasteiger partial charge in [0.15, 0.2) is 0 Å². The van der Waals surface area contributed by atoms with Crippen molar-refractivity contribution in [1.82, 2.24) is 0 Å². The van der Waals surface area contributed by atoms with Gasteiger partial charge in [0, 0.05) is 11.6 Å². The second-order valence-corrected chi connectivity index (χ2v) is 4.11. The number of benzene rings is 1. The van der Waals surface area contributed by atoms with E-state index in [1.54, 1.807) is 0 Å². The van der Waals surface area contributed by atoms with Crippen molar-refractivity contribution in [3.05, 3.63) is 39.9 Å². The lowest BCUT2D eigenvalue weighted by Crippen LogP contribution is -2.11. The zero-order chi connectivity index (χ0) is 10.1. The fraction of sp³-hybridized carbons (Fsp3) is 0.333. The molecule has 2 rings (SSSR count). The summed E-state index contributed by atoms with van der Waals surface area (Å²) in [4.78, 5) is 0. The molecule has 0 fully saturated rings. The van der Waals surface area contributed by atoms with Gasteiger partial charge in [-0.05, 0) is 42.5 Å². The van der Waals surface area contributed by atoms with Crippen molar-refractivity contribution in [1.29, 1.82) is 0 Å². The van der Waals surface area contributed by atoms with Crippen molar-refractivity contribution in [3.8, 4) is 0 Å². The average molecular weight is 208 g/mol. The summed E-state index contributed by atoms with van der Waals surface area (Å²) in [5.74, 6) is 0. The molecular weight excluding hydrogens is 194 g/mol. The van der Waals surface area contributed by atoms with Gasteiger partial charge in [0.05, 0.1) is 0 Å². The Morgan fingerprint density at radius 1 is 1.36 bits per heavy atom. The summed E-state index contributed by atoms with van der Waals surface area (Å²) in [7, 11) is 0. The number of halogens is 1. The highest BCUT2D eigenvalue weighted by Crippen LogP contribution is 2.34.